The summed E-state index contributed by atoms with van der Waals surface area (Å²) in [5.41, 5.74) is 0.0646. The van der Waals surface area contributed by atoms with Crippen molar-refractivity contribution in [3.63, 3.8) is 0 Å². The summed E-state index contributed by atoms with van der Waals surface area (Å²) in [7, 11) is 0. The van der Waals surface area contributed by atoms with E-state index in [1.165, 1.54) is 18.6 Å². The summed E-state index contributed by atoms with van der Waals surface area (Å²) >= 11 is 0. The predicted octanol–water partition coefficient (Wildman–Crippen LogP) is 1.13. The van der Waals surface area contributed by atoms with E-state index in [9.17, 15) is 28.8 Å². The number of ketones is 1. The van der Waals surface area contributed by atoms with Gasteiger partial charge in [-0.2, -0.15) is 0 Å². The molecule has 4 N–H and O–H groups in total. The van der Waals surface area contributed by atoms with E-state index in [-0.39, 0.29) is 41.3 Å². The van der Waals surface area contributed by atoms with Crippen LogP contribution >= 0.6 is 0 Å². The molecule has 5 amide bonds. The number of hydrogen-bond acceptors (Lipinski definition) is 8. The topological polar surface area (TPSA) is 180 Å². The first-order valence-corrected chi connectivity index (χ1v) is 16.3. The number of fused-ring (bicyclic) bond motifs is 1. The van der Waals surface area contributed by atoms with Crippen molar-refractivity contribution >= 4 is 35.3 Å². The molecule has 0 spiro atoms. The second-order valence-corrected chi connectivity index (χ2v) is 13.3. The normalized spacial score (nSPS) is 22.7. The van der Waals surface area contributed by atoms with Crippen LogP contribution in [0.4, 0.5) is 0 Å². The van der Waals surface area contributed by atoms with E-state index in [2.05, 4.69) is 31.2 Å². The van der Waals surface area contributed by atoms with E-state index in [1.807, 2.05) is 20.8 Å². The lowest BCUT2D eigenvalue weighted by molar-refractivity contribution is -0.145. The molecule has 1 saturated heterocycles. The van der Waals surface area contributed by atoms with E-state index in [0.717, 1.165) is 32.1 Å². The van der Waals surface area contributed by atoms with Crippen molar-refractivity contribution in [3.8, 4) is 0 Å². The molecule has 1 aromatic rings. The van der Waals surface area contributed by atoms with Crippen LogP contribution in [0.3, 0.4) is 0 Å². The number of carbonyl (C=O) groups is 6. The Morgan fingerprint density at radius 2 is 1.62 bits per heavy atom. The molecule has 6 atom stereocenters. The molecular formula is C32H47N7O6. The summed E-state index contributed by atoms with van der Waals surface area (Å²) in [6.07, 6.45) is 9.28. The highest BCUT2D eigenvalue weighted by atomic mass is 16.2. The van der Waals surface area contributed by atoms with Crippen LogP contribution in [-0.2, 0) is 24.0 Å². The van der Waals surface area contributed by atoms with Gasteiger partial charge in [-0.05, 0) is 55.8 Å². The first-order valence-electron chi connectivity index (χ1n) is 16.3. The highest BCUT2D eigenvalue weighted by molar-refractivity contribution is 6.38. The minimum atomic E-state index is -0.982. The molecule has 0 bridgehead atoms. The molecule has 2 saturated carbocycles. The van der Waals surface area contributed by atoms with E-state index in [0.29, 0.717) is 19.4 Å². The van der Waals surface area contributed by atoms with Gasteiger partial charge < -0.3 is 26.2 Å². The van der Waals surface area contributed by atoms with Gasteiger partial charge in [0, 0.05) is 25.0 Å². The standard InChI is InChI=1S/C32H47N7O6/c1-6-8-22(27(40)31(44)35-20-11-12-20)36-30(43)26-21-10-7-9-19(21)16-39(26)32(45)25(18(4)5)38-29(42)24(17(2)3)37-28(41)23-15-33-13-14-34-23/h13-15,17-22,24-26H,6-12,16H2,1-5H3,(H,35,44)(H,36,43)(H,37,41)(H,38,42)/t19-,21-,22?,24+,25-,26-/m0/s1. The van der Waals surface area contributed by atoms with Crippen LogP contribution in [0.15, 0.2) is 18.6 Å². The molecular weight excluding hydrogens is 578 g/mol. The Morgan fingerprint density at radius 3 is 2.22 bits per heavy atom. The monoisotopic (exact) mass is 625 g/mol. The SMILES string of the molecule is CCCC(NC(=O)[C@@H]1[C@H]2CCC[C@H]2CN1C(=O)[C@@H](NC(=O)[C@H](NC(=O)c1cnccn1)C(C)C)C(C)C)C(=O)C(=O)NC1CC1. The molecule has 1 unspecified atom stereocenters. The zero-order valence-electron chi connectivity index (χ0n) is 26.9. The lowest BCUT2D eigenvalue weighted by Crippen LogP contribution is -2.60. The Kier molecular flexibility index (Phi) is 11.3. The molecule has 1 aliphatic heterocycles. The fourth-order valence-electron chi connectivity index (χ4n) is 6.43. The molecule has 246 valence electrons. The third kappa shape index (κ3) is 8.23. The van der Waals surface area contributed by atoms with E-state index in [4.69, 9.17) is 0 Å². The Morgan fingerprint density at radius 1 is 0.911 bits per heavy atom. The fourth-order valence-corrected chi connectivity index (χ4v) is 6.43. The van der Waals surface area contributed by atoms with Crippen molar-refractivity contribution in [3.05, 3.63) is 24.3 Å². The minimum Gasteiger partial charge on any atom is -0.347 e. The third-order valence-corrected chi connectivity index (χ3v) is 9.05. The van der Waals surface area contributed by atoms with E-state index < -0.39 is 53.6 Å². The van der Waals surface area contributed by atoms with Gasteiger partial charge in [0.2, 0.25) is 23.5 Å². The number of hydrogen-bond donors (Lipinski definition) is 4. The Bertz CT molecular complexity index is 1270. The van der Waals surface area contributed by atoms with E-state index >= 15 is 0 Å². The van der Waals surface area contributed by atoms with Crippen molar-refractivity contribution in [1.82, 2.24) is 36.1 Å². The molecule has 3 aliphatic rings. The minimum absolute atomic E-state index is 0.0143. The summed E-state index contributed by atoms with van der Waals surface area (Å²) in [5, 5.41) is 11.1. The third-order valence-electron chi connectivity index (χ3n) is 9.05. The smallest absolute Gasteiger partial charge is 0.289 e. The molecule has 2 heterocycles. The van der Waals surface area contributed by atoms with Gasteiger partial charge in [0.05, 0.1) is 12.2 Å². The summed E-state index contributed by atoms with van der Waals surface area (Å²) in [5.74, 6) is -3.87. The van der Waals surface area contributed by atoms with Crippen LogP contribution in [0, 0.1) is 23.7 Å². The molecule has 13 heteroatoms. The maximum Gasteiger partial charge on any atom is 0.289 e. The van der Waals surface area contributed by atoms with Crippen molar-refractivity contribution in [2.45, 2.75) is 110 Å². The van der Waals surface area contributed by atoms with Gasteiger partial charge in [0.25, 0.3) is 11.8 Å². The molecule has 0 radical (unpaired) electrons. The summed E-state index contributed by atoms with van der Waals surface area (Å²) < 4.78 is 0. The molecule has 45 heavy (non-hydrogen) atoms. The van der Waals surface area contributed by atoms with Crippen molar-refractivity contribution in [2.75, 3.05) is 6.54 Å². The van der Waals surface area contributed by atoms with Crippen LogP contribution in [-0.4, -0.2) is 86.9 Å². The lowest BCUT2D eigenvalue weighted by atomic mass is 9.92. The van der Waals surface area contributed by atoms with Crippen molar-refractivity contribution in [1.29, 1.82) is 0 Å². The first-order chi connectivity index (χ1) is 21.4. The molecule has 4 rings (SSSR count). The van der Waals surface area contributed by atoms with Crippen LogP contribution in [0.25, 0.3) is 0 Å². The lowest BCUT2D eigenvalue weighted by Gasteiger charge is -2.33. The number of likely N-dealkylation sites (tertiary alicyclic amines) is 1. The summed E-state index contributed by atoms with van der Waals surface area (Å²) in [4.78, 5) is 89.4. The largest absolute Gasteiger partial charge is 0.347 e. The van der Waals surface area contributed by atoms with Crippen LogP contribution in [0.2, 0.25) is 0 Å². The average molecular weight is 626 g/mol. The summed E-state index contributed by atoms with van der Waals surface area (Å²) in [6, 6.07) is -3.70. The van der Waals surface area contributed by atoms with E-state index in [1.54, 1.807) is 18.7 Å². The molecule has 3 fully saturated rings. The van der Waals surface area contributed by atoms with Gasteiger partial charge in [-0.1, -0.05) is 47.5 Å². The number of Topliss-reactive ketones (excluding diaryl/α,β-unsaturated/α-hetero) is 1. The number of nitrogens with one attached hydrogen (secondary N) is 4. The van der Waals surface area contributed by atoms with Gasteiger partial charge in [0.1, 0.15) is 23.8 Å². The number of aromatic nitrogens is 2. The fraction of sp³-hybridized carbons (Fsp3) is 0.688. The quantitative estimate of drug-likeness (QED) is 0.222. The van der Waals surface area contributed by atoms with Gasteiger partial charge in [-0.3, -0.25) is 33.8 Å². The van der Waals surface area contributed by atoms with Gasteiger partial charge in [-0.25, -0.2) is 4.98 Å². The molecule has 2 aliphatic carbocycles. The predicted molar refractivity (Wildman–Crippen MR) is 164 cm³/mol. The molecule has 0 aromatic carbocycles. The zero-order chi connectivity index (χ0) is 32.8. The number of rotatable bonds is 14. The number of carbonyl (C=O) groups excluding carboxylic acids is 6. The average Bonchev–Trinajstić information content (AvgIpc) is 3.57. The first kappa shape index (κ1) is 34.0. The Labute approximate surface area is 264 Å². The van der Waals surface area contributed by atoms with Crippen LogP contribution < -0.4 is 21.3 Å². The molecule has 13 nitrogen and oxygen atoms in total. The highest BCUT2D eigenvalue weighted by Gasteiger charge is 2.51. The summed E-state index contributed by atoms with van der Waals surface area (Å²) in [6.45, 7) is 9.44. The second kappa shape index (κ2) is 14.9. The maximum absolute atomic E-state index is 14.2. The Balaban J connectivity index is 1.50. The Hall–Kier alpha value is -3.90. The van der Waals surface area contributed by atoms with Crippen molar-refractivity contribution < 1.29 is 28.8 Å². The van der Waals surface area contributed by atoms with Gasteiger partial charge >= 0.3 is 0 Å². The van der Waals surface area contributed by atoms with Crippen molar-refractivity contribution in [2.24, 2.45) is 23.7 Å². The zero-order valence-corrected chi connectivity index (χ0v) is 26.9. The highest BCUT2D eigenvalue weighted by Crippen LogP contribution is 2.42. The number of nitrogens with zero attached hydrogens (tertiary/aromatic N) is 3. The number of amides is 5. The van der Waals surface area contributed by atoms with Crippen LogP contribution in [0.5, 0.6) is 0 Å². The molecule has 1 aromatic heterocycles. The second-order valence-electron chi connectivity index (χ2n) is 13.3. The van der Waals surface area contributed by atoms with Crippen LogP contribution in [0.1, 0.15) is 90.1 Å². The van der Waals surface area contributed by atoms with Gasteiger partial charge in [-0.15, -0.1) is 0 Å². The maximum atomic E-state index is 14.2. The van der Waals surface area contributed by atoms with Gasteiger partial charge in [0.15, 0.2) is 0 Å².